The van der Waals surface area contributed by atoms with Crippen molar-refractivity contribution in [1.29, 1.82) is 0 Å². The Labute approximate surface area is 118 Å². The normalized spacial score (nSPS) is 34.1. The van der Waals surface area contributed by atoms with E-state index in [1.54, 1.807) is 0 Å². The molecule has 0 aromatic carbocycles. The molecule has 2 heterocycles. The second-order valence-electron chi connectivity index (χ2n) is 6.63. The molecular weight excluding hydrogens is 236 g/mol. The molecule has 3 nitrogen and oxygen atoms in total. The lowest BCUT2D eigenvalue weighted by molar-refractivity contribution is 0.0555. The fourth-order valence-corrected chi connectivity index (χ4v) is 4.32. The summed E-state index contributed by atoms with van der Waals surface area (Å²) in [5.41, 5.74) is 0. The highest BCUT2D eigenvalue weighted by Gasteiger charge is 2.32. The summed E-state index contributed by atoms with van der Waals surface area (Å²) < 4.78 is 5.42. The summed E-state index contributed by atoms with van der Waals surface area (Å²) in [6.45, 7) is 5.68. The van der Waals surface area contributed by atoms with Gasteiger partial charge in [0.1, 0.15) is 0 Å². The van der Waals surface area contributed by atoms with Gasteiger partial charge in [0.05, 0.1) is 0 Å². The van der Waals surface area contributed by atoms with Crippen LogP contribution in [0.1, 0.15) is 51.4 Å². The van der Waals surface area contributed by atoms with E-state index in [1.165, 1.54) is 71.0 Å². The summed E-state index contributed by atoms with van der Waals surface area (Å²) in [6.07, 6.45) is 11.2. The molecule has 0 unspecified atom stereocenters. The van der Waals surface area contributed by atoms with Crippen LogP contribution in [0.2, 0.25) is 0 Å². The van der Waals surface area contributed by atoms with E-state index in [9.17, 15) is 0 Å². The first-order valence-electron chi connectivity index (χ1n) is 8.48. The van der Waals surface area contributed by atoms with Gasteiger partial charge >= 0.3 is 0 Å². The van der Waals surface area contributed by atoms with Crippen molar-refractivity contribution in [1.82, 2.24) is 10.2 Å². The summed E-state index contributed by atoms with van der Waals surface area (Å²) in [5.74, 6) is 1.02. The van der Waals surface area contributed by atoms with Gasteiger partial charge in [-0.15, -0.1) is 0 Å². The summed E-state index contributed by atoms with van der Waals surface area (Å²) in [4.78, 5) is 2.79. The standard InChI is InChI=1S/C16H30N2O/c1-2-6-16-14(4-1)5-3-10-18(16)11-9-17-15-7-12-19-13-8-15/h14-17H,1-13H2/t14-,16-/m1/s1. The number of nitrogens with one attached hydrogen (secondary N) is 1. The quantitative estimate of drug-likeness (QED) is 0.846. The predicted octanol–water partition coefficient (Wildman–Crippen LogP) is 2.41. The van der Waals surface area contributed by atoms with Crippen LogP contribution in [0.25, 0.3) is 0 Å². The largest absolute Gasteiger partial charge is 0.381 e. The lowest BCUT2D eigenvalue weighted by Crippen LogP contribution is -2.49. The summed E-state index contributed by atoms with van der Waals surface area (Å²) >= 11 is 0. The molecule has 2 atom stereocenters. The third-order valence-corrected chi connectivity index (χ3v) is 5.41. The molecule has 3 heteroatoms. The molecule has 1 aliphatic carbocycles. The van der Waals surface area contributed by atoms with Gasteiger partial charge < -0.3 is 10.1 Å². The molecule has 0 spiro atoms. The Morgan fingerprint density at radius 3 is 2.63 bits per heavy atom. The van der Waals surface area contributed by atoms with Gasteiger partial charge in [-0.25, -0.2) is 0 Å². The van der Waals surface area contributed by atoms with E-state index < -0.39 is 0 Å². The Morgan fingerprint density at radius 2 is 1.74 bits per heavy atom. The lowest BCUT2D eigenvalue weighted by Gasteiger charge is -2.44. The Morgan fingerprint density at radius 1 is 0.947 bits per heavy atom. The van der Waals surface area contributed by atoms with Gasteiger partial charge in [-0.1, -0.05) is 12.8 Å². The van der Waals surface area contributed by atoms with Crippen molar-refractivity contribution in [2.45, 2.75) is 63.5 Å². The minimum atomic E-state index is 0.709. The molecule has 3 fully saturated rings. The molecule has 0 aromatic rings. The summed E-state index contributed by atoms with van der Waals surface area (Å²) in [5, 5.41) is 3.74. The van der Waals surface area contributed by atoms with Gasteiger partial charge in [0.2, 0.25) is 0 Å². The first kappa shape index (κ1) is 13.8. The van der Waals surface area contributed by atoms with E-state index in [2.05, 4.69) is 10.2 Å². The fraction of sp³-hybridized carbons (Fsp3) is 1.00. The number of ether oxygens (including phenoxy) is 1. The first-order valence-corrected chi connectivity index (χ1v) is 8.48. The number of hydrogen-bond donors (Lipinski definition) is 1. The van der Waals surface area contributed by atoms with E-state index in [0.717, 1.165) is 25.2 Å². The smallest absolute Gasteiger partial charge is 0.0480 e. The second kappa shape index (κ2) is 7.05. The third kappa shape index (κ3) is 3.71. The van der Waals surface area contributed by atoms with Crippen LogP contribution in [0.15, 0.2) is 0 Å². The molecule has 19 heavy (non-hydrogen) atoms. The Kier molecular flexibility index (Phi) is 5.14. The third-order valence-electron chi connectivity index (χ3n) is 5.41. The van der Waals surface area contributed by atoms with E-state index in [4.69, 9.17) is 4.74 Å². The maximum atomic E-state index is 5.42. The molecule has 3 rings (SSSR count). The van der Waals surface area contributed by atoms with Crippen molar-refractivity contribution in [2.24, 2.45) is 5.92 Å². The zero-order valence-electron chi connectivity index (χ0n) is 12.3. The topological polar surface area (TPSA) is 24.5 Å². The number of rotatable bonds is 4. The van der Waals surface area contributed by atoms with Crippen molar-refractivity contribution in [3.63, 3.8) is 0 Å². The molecule has 0 amide bonds. The Bertz CT molecular complexity index is 263. The number of nitrogens with zero attached hydrogens (tertiary/aromatic N) is 1. The molecule has 3 aliphatic rings. The van der Waals surface area contributed by atoms with Crippen molar-refractivity contribution in [3.8, 4) is 0 Å². The highest BCUT2D eigenvalue weighted by atomic mass is 16.5. The monoisotopic (exact) mass is 266 g/mol. The number of fused-ring (bicyclic) bond motifs is 1. The number of likely N-dealkylation sites (tertiary alicyclic amines) is 1. The van der Waals surface area contributed by atoms with Crippen molar-refractivity contribution in [2.75, 3.05) is 32.8 Å². The Balaban J connectivity index is 1.40. The zero-order chi connectivity index (χ0) is 12.9. The van der Waals surface area contributed by atoms with E-state index in [0.29, 0.717) is 6.04 Å². The highest BCUT2D eigenvalue weighted by Crippen LogP contribution is 2.34. The average molecular weight is 266 g/mol. The van der Waals surface area contributed by atoms with Crippen LogP contribution in [0, 0.1) is 5.92 Å². The summed E-state index contributed by atoms with van der Waals surface area (Å²) in [7, 11) is 0. The maximum Gasteiger partial charge on any atom is 0.0480 e. The minimum Gasteiger partial charge on any atom is -0.381 e. The van der Waals surface area contributed by atoms with E-state index in [-0.39, 0.29) is 0 Å². The fourth-order valence-electron chi connectivity index (χ4n) is 4.32. The molecule has 0 radical (unpaired) electrons. The highest BCUT2D eigenvalue weighted by molar-refractivity contribution is 4.87. The van der Waals surface area contributed by atoms with Crippen LogP contribution < -0.4 is 5.32 Å². The van der Waals surface area contributed by atoms with E-state index >= 15 is 0 Å². The molecule has 0 bridgehead atoms. The van der Waals surface area contributed by atoms with Gasteiger partial charge in [0.15, 0.2) is 0 Å². The Hall–Kier alpha value is -0.120. The van der Waals surface area contributed by atoms with Crippen LogP contribution >= 0.6 is 0 Å². The number of piperidine rings is 1. The molecule has 110 valence electrons. The second-order valence-corrected chi connectivity index (χ2v) is 6.63. The first-order chi connectivity index (χ1) is 9.43. The zero-order valence-corrected chi connectivity index (χ0v) is 12.3. The molecule has 2 saturated heterocycles. The van der Waals surface area contributed by atoms with Crippen LogP contribution in [0.4, 0.5) is 0 Å². The maximum absolute atomic E-state index is 5.42. The number of hydrogen-bond acceptors (Lipinski definition) is 3. The van der Waals surface area contributed by atoms with Crippen LogP contribution in [-0.2, 0) is 4.74 Å². The molecule has 0 aromatic heterocycles. The van der Waals surface area contributed by atoms with Crippen molar-refractivity contribution >= 4 is 0 Å². The van der Waals surface area contributed by atoms with Gasteiger partial charge in [-0.05, 0) is 51.0 Å². The lowest BCUT2D eigenvalue weighted by atomic mass is 9.78. The molecule has 2 aliphatic heterocycles. The van der Waals surface area contributed by atoms with Crippen LogP contribution in [-0.4, -0.2) is 49.8 Å². The minimum absolute atomic E-state index is 0.709. The SMILES string of the molecule is C1CC[C@@H]2[C@H](C1)CCCN2CCNC1CCOCC1. The van der Waals surface area contributed by atoms with Crippen LogP contribution in [0.3, 0.4) is 0 Å². The average Bonchev–Trinajstić information content (AvgIpc) is 2.49. The summed E-state index contributed by atoms with van der Waals surface area (Å²) in [6, 6.07) is 1.62. The molecular formula is C16H30N2O. The molecule has 1 N–H and O–H groups in total. The van der Waals surface area contributed by atoms with Gasteiger partial charge in [-0.2, -0.15) is 0 Å². The van der Waals surface area contributed by atoms with Gasteiger partial charge in [-0.3, -0.25) is 4.90 Å². The van der Waals surface area contributed by atoms with E-state index in [1.807, 2.05) is 0 Å². The predicted molar refractivity (Wildman–Crippen MR) is 78.4 cm³/mol. The molecule has 1 saturated carbocycles. The van der Waals surface area contributed by atoms with Gasteiger partial charge in [0, 0.05) is 38.4 Å². The van der Waals surface area contributed by atoms with Crippen LogP contribution in [0.5, 0.6) is 0 Å². The van der Waals surface area contributed by atoms with Crippen molar-refractivity contribution < 1.29 is 4.74 Å². The van der Waals surface area contributed by atoms with Gasteiger partial charge in [0.25, 0.3) is 0 Å². The van der Waals surface area contributed by atoms with Crippen molar-refractivity contribution in [3.05, 3.63) is 0 Å².